The molecular weight excluding hydrogens is 109 g/mol. The van der Waals surface area contributed by atoms with E-state index < -0.39 is 0 Å². The average molecular weight is 117 g/mol. The Balaban J connectivity index is 3.46. The summed E-state index contributed by atoms with van der Waals surface area (Å²) in [5.74, 6) is 10.8. The Morgan fingerprint density at radius 1 is 1.44 bits per heavy atom. The maximum atomic E-state index is 3.76. The third-order valence-electron chi connectivity index (χ3n) is 0.652. The van der Waals surface area contributed by atoms with E-state index in [1.807, 2.05) is 0 Å². The molecule has 0 bridgehead atoms. The first kappa shape index (κ1) is 7.98. The fraction of sp³-hybridized carbons (Fsp3) is 0.429. The molecule has 0 radical (unpaired) electrons. The summed E-state index contributed by atoms with van der Waals surface area (Å²) < 4.78 is 0. The molecule has 0 saturated carbocycles. The van der Waals surface area contributed by atoms with Crippen LogP contribution in [0.4, 0.5) is 0 Å². The van der Waals surface area contributed by atoms with Crippen LogP contribution < -0.4 is 0 Å². The van der Waals surface area contributed by atoms with Crippen LogP contribution >= 0.6 is 0 Å². The van der Waals surface area contributed by atoms with Crippen LogP contribution in [0.25, 0.3) is 0 Å². The van der Waals surface area contributed by atoms with Crippen LogP contribution in [0.15, 0.2) is 4.90 Å². The Labute approximate surface area is 56.8 Å². The van der Waals surface area contributed by atoms with Crippen LogP contribution in [0.3, 0.4) is 0 Å². The molecule has 0 aliphatic rings. The minimum absolute atomic E-state index is 0.700. The van der Waals surface area contributed by atoms with Crippen LogP contribution in [0.1, 0.15) is 6.92 Å². The number of rotatable bonds is 1. The summed E-state index contributed by atoms with van der Waals surface area (Å²) in [6, 6.07) is 0. The number of hydrogen-bond acceptors (Lipinski definition) is 1. The zero-order valence-corrected chi connectivity index (χ0v) is 5.73. The molecule has 0 amide bonds. The van der Waals surface area contributed by atoms with Crippen molar-refractivity contribution in [2.75, 3.05) is 7.05 Å². The van der Waals surface area contributed by atoms with Gasteiger partial charge in [-0.15, -0.1) is 0 Å². The zero-order chi connectivity index (χ0) is 6.95. The number of nitrogens with zero attached hydrogens (tertiary/aromatic N) is 1. The van der Waals surface area contributed by atoms with Gasteiger partial charge in [0.25, 0.3) is 0 Å². The van der Waals surface area contributed by atoms with Crippen molar-refractivity contribution in [1.29, 1.82) is 0 Å². The molecule has 1 nitrogen and oxygen atoms in total. The van der Waals surface area contributed by atoms with E-state index in [0.717, 1.165) is 0 Å². The van der Waals surface area contributed by atoms with Crippen molar-refractivity contribution >= 4 is 7.07 Å². The molecule has 0 fully saturated rings. The molecule has 0 aromatic rings. The summed E-state index contributed by atoms with van der Waals surface area (Å²) >= 11 is 0. The molecule has 0 unspecified atom stereocenters. The normalized spacial score (nSPS) is 6.44. The monoisotopic (exact) mass is 117 g/mol. The van der Waals surface area contributed by atoms with Gasteiger partial charge in [0.05, 0.1) is 0 Å². The number of hydrogen-bond donors (Lipinski definition) is 0. The molecule has 0 aliphatic heterocycles. The summed E-state index contributed by atoms with van der Waals surface area (Å²) in [4.78, 5) is 3.76. The van der Waals surface area contributed by atoms with Crippen molar-refractivity contribution in [1.82, 2.24) is 0 Å². The van der Waals surface area contributed by atoms with Crippen molar-refractivity contribution < 1.29 is 0 Å². The molecule has 9 heavy (non-hydrogen) atoms. The van der Waals surface area contributed by atoms with Gasteiger partial charge in [-0.1, -0.05) is 0 Å². The van der Waals surface area contributed by atoms with Gasteiger partial charge in [0.2, 0.25) is 0 Å². The van der Waals surface area contributed by atoms with Crippen LogP contribution in [0, 0.1) is 23.7 Å². The molecule has 2 heteroatoms. The van der Waals surface area contributed by atoms with E-state index in [2.05, 4.69) is 28.6 Å². The summed E-state index contributed by atoms with van der Waals surface area (Å²) in [6.45, 7) is 1.77. The van der Waals surface area contributed by atoms with Gasteiger partial charge in [-0.3, -0.25) is 0 Å². The van der Waals surface area contributed by atoms with Crippen molar-refractivity contribution in [3.05, 3.63) is 0 Å². The predicted octanol–water partition coefficient (Wildman–Crippen LogP) is 0.949. The van der Waals surface area contributed by atoms with E-state index in [4.69, 9.17) is 0 Å². The molecule has 44 valence electrons. The van der Waals surface area contributed by atoms with Crippen LogP contribution in [0.2, 0.25) is 6.32 Å². The Hall–Kier alpha value is -1.02. The van der Waals surface area contributed by atoms with E-state index >= 15 is 0 Å². The minimum atomic E-state index is 0.700. The fourth-order valence-electron chi connectivity index (χ4n) is 0.295. The molecule has 0 aliphatic carbocycles. The van der Waals surface area contributed by atoms with Gasteiger partial charge < -0.3 is 0 Å². The summed E-state index contributed by atoms with van der Waals surface area (Å²) in [5.41, 5.74) is 0. The fourth-order valence-corrected chi connectivity index (χ4v) is 0.295. The first-order valence-electron chi connectivity index (χ1n) is 2.72. The van der Waals surface area contributed by atoms with Crippen LogP contribution in [0.5, 0.6) is 0 Å². The summed E-state index contributed by atoms with van der Waals surface area (Å²) in [6.07, 6.45) is 0.700. The standard InChI is InChI=1S/C7H8BN/c1-3-4-5-6-7-8-9-2/h7H2,1-2H3. The Morgan fingerprint density at radius 3 is 2.78 bits per heavy atom. The van der Waals surface area contributed by atoms with Crippen LogP contribution in [-0.4, -0.2) is 14.1 Å². The molecule has 0 aromatic carbocycles. The average Bonchev–Trinajstić information content (AvgIpc) is 1.89. The van der Waals surface area contributed by atoms with E-state index in [-0.39, 0.29) is 0 Å². The molecule has 0 aromatic heterocycles. The second-order valence-corrected chi connectivity index (χ2v) is 1.32. The zero-order valence-electron chi connectivity index (χ0n) is 5.73. The van der Waals surface area contributed by atoms with Gasteiger partial charge in [-0.2, -0.15) is 0 Å². The molecule has 0 saturated heterocycles. The van der Waals surface area contributed by atoms with E-state index in [1.165, 1.54) is 0 Å². The quantitative estimate of drug-likeness (QED) is 0.358. The van der Waals surface area contributed by atoms with Gasteiger partial charge in [-0.25, -0.2) is 0 Å². The van der Waals surface area contributed by atoms with Gasteiger partial charge in [0.1, 0.15) is 0 Å². The third kappa shape index (κ3) is 6.98. The Morgan fingerprint density at radius 2 is 2.22 bits per heavy atom. The van der Waals surface area contributed by atoms with E-state index in [0.29, 0.717) is 6.32 Å². The summed E-state index contributed by atoms with van der Waals surface area (Å²) in [7, 11) is 3.48. The van der Waals surface area contributed by atoms with Gasteiger partial charge >= 0.3 is 55.9 Å². The maximum absolute atomic E-state index is 3.76. The van der Waals surface area contributed by atoms with Gasteiger partial charge in [-0.05, 0) is 0 Å². The van der Waals surface area contributed by atoms with E-state index in [9.17, 15) is 0 Å². The molecule has 0 heterocycles. The van der Waals surface area contributed by atoms with Gasteiger partial charge in [0, 0.05) is 0 Å². The topological polar surface area (TPSA) is 12.4 Å². The predicted molar refractivity (Wildman–Crippen MR) is 40.1 cm³/mol. The third-order valence-corrected chi connectivity index (χ3v) is 0.652. The van der Waals surface area contributed by atoms with Crippen LogP contribution in [-0.2, 0) is 0 Å². The molecule has 0 rings (SSSR count). The molecule has 0 N–H and O–H groups in total. The second kappa shape index (κ2) is 6.98. The van der Waals surface area contributed by atoms with Crippen molar-refractivity contribution in [3.8, 4) is 23.7 Å². The van der Waals surface area contributed by atoms with Gasteiger partial charge in [0.15, 0.2) is 0 Å². The van der Waals surface area contributed by atoms with E-state index in [1.54, 1.807) is 21.0 Å². The Kier molecular flexibility index (Phi) is 6.20. The molecular formula is C7H8BN. The summed E-state index contributed by atoms with van der Waals surface area (Å²) in [5, 5.41) is 0. The molecule has 0 atom stereocenters. The first-order chi connectivity index (χ1) is 4.41. The Bertz CT molecular complexity index is 196. The SMILES string of the molecule is CC#CC#CCB=NC. The second-order valence-electron chi connectivity index (χ2n) is 1.32. The van der Waals surface area contributed by atoms with Crippen molar-refractivity contribution in [2.24, 2.45) is 4.90 Å². The van der Waals surface area contributed by atoms with Crippen molar-refractivity contribution in [3.63, 3.8) is 0 Å². The van der Waals surface area contributed by atoms with Crippen molar-refractivity contribution in [2.45, 2.75) is 13.2 Å². The molecule has 0 spiro atoms. The first-order valence-corrected chi connectivity index (χ1v) is 2.72.